The maximum absolute atomic E-state index is 11.0. The summed E-state index contributed by atoms with van der Waals surface area (Å²) in [4.78, 5) is 21.3. The minimum Gasteiger partial charge on any atom is -0.375 e. The first kappa shape index (κ1) is 13.9. The quantitative estimate of drug-likeness (QED) is 0.563. The lowest BCUT2D eigenvalue weighted by Gasteiger charge is -2.24. The second-order valence-corrected chi connectivity index (χ2v) is 3.71. The highest BCUT2D eigenvalue weighted by molar-refractivity contribution is 5.94. The van der Waals surface area contributed by atoms with E-state index in [1.807, 2.05) is 26.1 Å². The van der Waals surface area contributed by atoms with Crippen molar-refractivity contribution in [2.24, 2.45) is 5.73 Å². The van der Waals surface area contributed by atoms with E-state index >= 15 is 0 Å². The molecule has 0 saturated carbocycles. The van der Waals surface area contributed by atoms with Crippen LogP contribution in [0.3, 0.4) is 0 Å². The summed E-state index contributed by atoms with van der Waals surface area (Å²) < 4.78 is 5.41. The Morgan fingerprint density at radius 2 is 2.00 bits per heavy atom. The van der Waals surface area contributed by atoms with Crippen molar-refractivity contribution >= 4 is 11.9 Å². The molecule has 0 heterocycles. The summed E-state index contributed by atoms with van der Waals surface area (Å²) in [5, 5.41) is 4.83. The molecule has 0 bridgehead atoms. The zero-order valence-electron chi connectivity index (χ0n) is 9.42. The Balaban J connectivity index is 3.69. The third-order valence-electron chi connectivity index (χ3n) is 1.63. The highest BCUT2D eigenvalue weighted by Gasteiger charge is 2.17. The predicted molar refractivity (Wildman–Crippen MR) is 56.3 cm³/mol. The van der Waals surface area contributed by atoms with Crippen LogP contribution in [0.25, 0.3) is 0 Å². The highest BCUT2D eigenvalue weighted by Crippen LogP contribution is 2.06. The molecule has 0 aromatic heterocycles. The summed E-state index contributed by atoms with van der Waals surface area (Å²) in [6.45, 7) is 6.90. The number of primary amides is 1. The Kier molecular flexibility index (Phi) is 5.88. The van der Waals surface area contributed by atoms with Crippen LogP contribution >= 0.6 is 0 Å². The SMILES string of the molecule is CCOC(C)(C)CNCC(=O)NC(N)=O. The van der Waals surface area contributed by atoms with Gasteiger partial charge in [0.1, 0.15) is 0 Å². The smallest absolute Gasteiger partial charge is 0.318 e. The van der Waals surface area contributed by atoms with Crippen LogP contribution in [0.1, 0.15) is 20.8 Å². The first-order valence-corrected chi connectivity index (χ1v) is 4.81. The van der Waals surface area contributed by atoms with Gasteiger partial charge in [0.25, 0.3) is 0 Å². The average Bonchev–Trinajstić information content (AvgIpc) is 2.01. The molecule has 0 spiro atoms. The number of hydrogen-bond acceptors (Lipinski definition) is 4. The van der Waals surface area contributed by atoms with Crippen LogP contribution in [0, 0.1) is 0 Å². The normalized spacial score (nSPS) is 11.1. The summed E-state index contributed by atoms with van der Waals surface area (Å²) in [5.74, 6) is -0.449. The van der Waals surface area contributed by atoms with Crippen molar-refractivity contribution < 1.29 is 14.3 Å². The fourth-order valence-electron chi connectivity index (χ4n) is 1.10. The summed E-state index contributed by atoms with van der Waals surface area (Å²) in [6, 6.07) is -0.842. The molecule has 0 atom stereocenters. The first-order valence-electron chi connectivity index (χ1n) is 4.81. The Bertz CT molecular complexity index is 229. The van der Waals surface area contributed by atoms with Crippen molar-refractivity contribution in [2.75, 3.05) is 19.7 Å². The number of imide groups is 1. The summed E-state index contributed by atoms with van der Waals surface area (Å²) in [5.41, 5.74) is 4.44. The average molecular weight is 217 g/mol. The molecule has 88 valence electrons. The van der Waals surface area contributed by atoms with Crippen LogP contribution in [-0.4, -0.2) is 37.2 Å². The Labute approximate surface area is 89.5 Å². The molecule has 0 radical (unpaired) electrons. The van der Waals surface area contributed by atoms with Gasteiger partial charge in [-0.15, -0.1) is 0 Å². The van der Waals surface area contributed by atoms with Crippen LogP contribution in [-0.2, 0) is 9.53 Å². The fourth-order valence-corrected chi connectivity index (χ4v) is 1.10. The number of carbonyl (C=O) groups is 2. The van der Waals surface area contributed by atoms with E-state index in [0.717, 1.165) is 0 Å². The second-order valence-electron chi connectivity index (χ2n) is 3.71. The number of nitrogens with one attached hydrogen (secondary N) is 2. The van der Waals surface area contributed by atoms with Crippen LogP contribution in [0.15, 0.2) is 0 Å². The first-order chi connectivity index (χ1) is 6.87. The van der Waals surface area contributed by atoms with Gasteiger partial charge in [0.05, 0.1) is 12.1 Å². The van der Waals surface area contributed by atoms with Crippen molar-refractivity contribution in [2.45, 2.75) is 26.4 Å². The molecule has 0 aromatic rings. The van der Waals surface area contributed by atoms with Crippen molar-refractivity contribution in [1.29, 1.82) is 0 Å². The highest BCUT2D eigenvalue weighted by atomic mass is 16.5. The molecule has 6 heteroatoms. The Morgan fingerprint density at radius 3 is 2.47 bits per heavy atom. The zero-order valence-corrected chi connectivity index (χ0v) is 9.42. The number of ether oxygens (including phenoxy) is 1. The van der Waals surface area contributed by atoms with E-state index in [9.17, 15) is 9.59 Å². The van der Waals surface area contributed by atoms with E-state index in [1.54, 1.807) is 0 Å². The van der Waals surface area contributed by atoms with Gasteiger partial charge in [-0.2, -0.15) is 0 Å². The van der Waals surface area contributed by atoms with Gasteiger partial charge in [0.15, 0.2) is 0 Å². The molecule has 0 aliphatic carbocycles. The van der Waals surface area contributed by atoms with E-state index in [4.69, 9.17) is 10.5 Å². The van der Waals surface area contributed by atoms with Gasteiger partial charge < -0.3 is 15.8 Å². The van der Waals surface area contributed by atoms with E-state index in [2.05, 4.69) is 5.32 Å². The lowest BCUT2D eigenvalue weighted by Crippen LogP contribution is -2.44. The molecule has 15 heavy (non-hydrogen) atoms. The molecule has 0 aliphatic rings. The molecule has 0 fully saturated rings. The van der Waals surface area contributed by atoms with Gasteiger partial charge >= 0.3 is 6.03 Å². The van der Waals surface area contributed by atoms with Gasteiger partial charge in [-0.3, -0.25) is 10.1 Å². The maximum atomic E-state index is 11.0. The third kappa shape index (κ3) is 7.90. The number of rotatable bonds is 6. The van der Waals surface area contributed by atoms with Gasteiger partial charge in [-0.05, 0) is 20.8 Å². The summed E-state index contributed by atoms with van der Waals surface area (Å²) in [6.07, 6.45) is 0. The fraction of sp³-hybridized carbons (Fsp3) is 0.778. The van der Waals surface area contributed by atoms with Crippen molar-refractivity contribution in [3.05, 3.63) is 0 Å². The lowest BCUT2D eigenvalue weighted by atomic mass is 10.1. The molecular weight excluding hydrogens is 198 g/mol. The molecule has 0 saturated heterocycles. The monoisotopic (exact) mass is 217 g/mol. The summed E-state index contributed by atoms with van der Waals surface area (Å²) >= 11 is 0. The largest absolute Gasteiger partial charge is 0.375 e. The van der Waals surface area contributed by atoms with Crippen LogP contribution in [0.5, 0.6) is 0 Å². The van der Waals surface area contributed by atoms with Gasteiger partial charge in [0, 0.05) is 13.2 Å². The van der Waals surface area contributed by atoms with Gasteiger partial charge in [0.2, 0.25) is 5.91 Å². The molecule has 4 N–H and O–H groups in total. The standard InChI is InChI=1S/C9H19N3O3/c1-4-15-9(2,3)6-11-5-7(13)12-8(10)14/h11H,4-6H2,1-3H3,(H3,10,12,13,14). The van der Waals surface area contributed by atoms with E-state index < -0.39 is 11.9 Å². The van der Waals surface area contributed by atoms with Crippen LogP contribution in [0.2, 0.25) is 0 Å². The lowest BCUT2D eigenvalue weighted by molar-refractivity contribution is -0.119. The minimum absolute atomic E-state index is 0.0411. The molecule has 6 nitrogen and oxygen atoms in total. The van der Waals surface area contributed by atoms with Crippen molar-refractivity contribution in [1.82, 2.24) is 10.6 Å². The van der Waals surface area contributed by atoms with Crippen molar-refractivity contribution in [3.63, 3.8) is 0 Å². The number of amides is 3. The number of nitrogens with two attached hydrogens (primary N) is 1. The number of urea groups is 1. The maximum Gasteiger partial charge on any atom is 0.318 e. The molecule has 0 rings (SSSR count). The second kappa shape index (κ2) is 6.36. The molecule has 0 unspecified atom stereocenters. The Morgan fingerprint density at radius 1 is 1.40 bits per heavy atom. The topological polar surface area (TPSA) is 93.4 Å². The molecular formula is C9H19N3O3. The Hall–Kier alpha value is -1.14. The number of carbonyl (C=O) groups excluding carboxylic acids is 2. The van der Waals surface area contributed by atoms with Crippen molar-refractivity contribution in [3.8, 4) is 0 Å². The van der Waals surface area contributed by atoms with Crippen LogP contribution < -0.4 is 16.4 Å². The number of hydrogen-bond donors (Lipinski definition) is 3. The van der Waals surface area contributed by atoms with E-state index in [0.29, 0.717) is 13.2 Å². The molecule has 3 amide bonds. The zero-order chi connectivity index (χ0) is 11.9. The summed E-state index contributed by atoms with van der Waals surface area (Å²) in [7, 11) is 0. The predicted octanol–water partition coefficient (Wildman–Crippen LogP) is -0.414. The molecule has 0 aliphatic heterocycles. The van der Waals surface area contributed by atoms with Gasteiger partial charge in [-0.1, -0.05) is 0 Å². The molecule has 0 aromatic carbocycles. The third-order valence-corrected chi connectivity index (χ3v) is 1.63. The van der Waals surface area contributed by atoms with E-state index in [-0.39, 0.29) is 12.1 Å². The van der Waals surface area contributed by atoms with E-state index in [1.165, 1.54) is 0 Å². The van der Waals surface area contributed by atoms with Crippen LogP contribution in [0.4, 0.5) is 4.79 Å². The van der Waals surface area contributed by atoms with Gasteiger partial charge in [-0.25, -0.2) is 4.79 Å². The minimum atomic E-state index is -0.842.